The molecule has 0 aliphatic carbocycles. The first-order chi connectivity index (χ1) is 19.5. The smallest absolute Gasteiger partial charge is 0.253 e. The monoisotopic (exact) mass is 537 g/mol. The van der Waals surface area contributed by atoms with Gasteiger partial charge in [-0.05, 0) is 48.9 Å². The summed E-state index contributed by atoms with van der Waals surface area (Å²) in [5.74, 6) is 1.88. The van der Waals surface area contributed by atoms with E-state index >= 15 is 0 Å². The van der Waals surface area contributed by atoms with Crippen LogP contribution in [0.15, 0.2) is 60.9 Å². The molecule has 0 atom stereocenters. The number of fused-ring (bicyclic) bond motifs is 1. The van der Waals surface area contributed by atoms with Crippen molar-refractivity contribution in [2.75, 3.05) is 26.6 Å². The van der Waals surface area contributed by atoms with Gasteiger partial charge in [0.1, 0.15) is 11.6 Å². The Morgan fingerprint density at radius 2 is 1.80 bits per heavy atom. The molecule has 0 unspecified atom stereocenters. The zero-order valence-electron chi connectivity index (χ0n) is 22.4. The van der Waals surface area contributed by atoms with E-state index in [1.807, 2.05) is 36.4 Å². The van der Waals surface area contributed by atoms with Gasteiger partial charge in [0, 0.05) is 29.7 Å². The van der Waals surface area contributed by atoms with Crippen LogP contribution in [0.2, 0.25) is 0 Å². The standard InChI is InChI=1S/C29H27N7O4/c1-17-22(6-5-11-31-17)29(37)32-15-18-7-9-21(10-8-18)34-28-25(35-27-20(14-30)16-33-36(27)28)19-12-23(38-2)26(40-4)24(13-19)39-3/h5-13,16,34-35H,15H2,1-4H3,(H,32,37). The number of nitrogens with zero attached hydrogens (tertiary/aromatic N) is 4. The highest BCUT2D eigenvalue weighted by atomic mass is 16.5. The van der Waals surface area contributed by atoms with Gasteiger partial charge in [0.2, 0.25) is 5.75 Å². The van der Waals surface area contributed by atoms with E-state index < -0.39 is 0 Å². The molecule has 0 aliphatic rings. The highest BCUT2D eigenvalue weighted by molar-refractivity contribution is 5.95. The highest BCUT2D eigenvalue weighted by Crippen LogP contribution is 2.43. The summed E-state index contributed by atoms with van der Waals surface area (Å²) in [5, 5.41) is 20.4. The van der Waals surface area contributed by atoms with Gasteiger partial charge >= 0.3 is 0 Å². The van der Waals surface area contributed by atoms with Crippen LogP contribution in [0.25, 0.3) is 16.9 Å². The first-order valence-corrected chi connectivity index (χ1v) is 12.3. The van der Waals surface area contributed by atoms with Crippen LogP contribution in [0.5, 0.6) is 17.2 Å². The van der Waals surface area contributed by atoms with E-state index in [9.17, 15) is 10.1 Å². The number of hydrogen-bond acceptors (Lipinski definition) is 8. The molecule has 0 fully saturated rings. The predicted molar refractivity (Wildman–Crippen MR) is 149 cm³/mol. The maximum absolute atomic E-state index is 12.5. The number of aryl methyl sites for hydroxylation is 1. The molecule has 2 aromatic carbocycles. The molecule has 0 radical (unpaired) electrons. The van der Waals surface area contributed by atoms with Crippen LogP contribution >= 0.6 is 0 Å². The molecule has 5 aromatic rings. The van der Waals surface area contributed by atoms with E-state index in [-0.39, 0.29) is 5.91 Å². The summed E-state index contributed by atoms with van der Waals surface area (Å²) >= 11 is 0. The number of nitrogens with one attached hydrogen (secondary N) is 3. The molecule has 202 valence electrons. The number of hydrogen-bond donors (Lipinski definition) is 3. The van der Waals surface area contributed by atoms with Crippen molar-refractivity contribution in [3.8, 4) is 34.6 Å². The molecule has 11 heteroatoms. The van der Waals surface area contributed by atoms with Gasteiger partial charge in [0.25, 0.3) is 5.91 Å². The van der Waals surface area contributed by atoms with Crippen molar-refractivity contribution in [1.82, 2.24) is 24.9 Å². The Morgan fingerprint density at radius 1 is 1.07 bits per heavy atom. The number of rotatable bonds is 9. The number of aromatic nitrogens is 4. The second kappa shape index (κ2) is 11.1. The first-order valence-electron chi connectivity index (χ1n) is 12.3. The van der Waals surface area contributed by atoms with Gasteiger partial charge in [-0.1, -0.05) is 12.1 Å². The van der Waals surface area contributed by atoms with Crippen molar-refractivity contribution in [1.29, 1.82) is 5.26 Å². The molecule has 0 saturated heterocycles. The topological polar surface area (TPSA) is 139 Å². The molecule has 3 heterocycles. The van der Waals surface area contributed by atoms with Crippen LogP contribution in [-0.2, 0) is 6.54 Å². The fraction of sp³-hybridized carbons (Fsp3) is 0.172. The van der Waals surface area contributed by atoms with Crippen LogP contribution in [0, 0.1) is 18.3 Å². The van der Waals surface area contributed by atoms with E-state index in [1.165, 1.54) is 6.20 Å². The fourth-order valence-corrected chi connectivity index (χ4v) is 4.40. The van der Waals surface area contributed by atoms with Crippen molar-refractivity contribution in [2.45, 2.75) is 13.5 Å². The first kappa shape index (κ1) is 26.1. The number of ether oxygens (including phenoxy) is 3. The number of benzene rings is 2. The predicted octanol–water partition coefficient (Wildman–Crippen LogP) is 4.60. The van der Waals surface area contributed by atoms with Crippen LogP contribution in [-0.4, -0.2) is 46.8 Å². The van der Waals surface area contributed by atoms with Crippen molar-refractivity contribution < 1.29 is 19.0 Å². The summed E-state index contributed by atoms with van der Waals surface area (Å²) in [5.41, 5.74) is 5.28. The lowest BCUT2D eigenvalue weighted by atomic mass is 10.1. The molecule has 11 nitrogen and oxygen atoms in total. The normalized spacial score (nSPS) is 10.7. The minimum atomic E-state index is -0.176. The van der Waals surface area contributed by atoms with Gasteiger partial charge < -0.3 is 29.8 Å². The summed E-state index contributed by atoms with van der Waals surface area (Å²) in [6, 6.07) is 17.0. The van der Waals surface area contributed by atoms with Gasteiger partial charge in [-0.2, -0.15) is 14.9 Å². The van der Waals surface area contributed by atoms with Gasteiger partial charge in [-0.25, -0.2) is 0 Å². The lowest BCUT2D eigenvalue weighted by molar-refractivity contribution is 0.0950. The molecule has 5 rings (SSSR count). The molecule has 0 saturated carbocycles. The van der Waals surface area contributed by atoms with E-state index in [1.54, 1.807) is 51.1 Å². The third kappa shape index (κ3) is 4.86. The van der Waals surface area contributed by atoms with Crippen molar-refractivity contribution in [2.24, 2.45) is 0 Å². The third-order valence-corrected chi connectivity index (χ3v) is 6.46. The summed E-state index contributed by atoms with van der Waals surface area (Å²) in [7, 11) is 4.65. The van der Waals surface area contributed by atoms with E-state index in [4.69, 9.17) is 14.2 Å². The fourth-order valence-electron chi connectivity index (χ4n) is 4.40. The Morgan fingerprint density at radius 3 is 2.42 bits per heavy atom. The summed E-state index contributed by atoms with van der Waals surface area (Å²) in [6.07, 6.45) is 3.17. The van der Waals surface area contributed by atoms with Crippen LogP contribution in [0.1, 0.15) is 27.2 Å². The Balaban J connectivity index is 1.44. The second-order valence-electron chi connectivity index (χ2n) is 8.83. The lowest BCUT2D eigenvalue weighted by Crippen LogP contribution is -2.23. The number of nitriles is 1. The van der Waals surface area contributed by atoms with Gasteiger partial charge in [-0.3, -0.25) is 9.78 Å². The molecule has 40 heavy (non-hydrogen) atoms. The summed E-state index contributed by atoms with van der Waals surface area (Å²) < 4.78 is 18.2. The van der Waals surface area contributed by atoms with Crippen molar-refractivity contribution in [3.63, 3.8) is 0 Å². The molecule has 3 N–H and O–H groups in total. The van der Waals surface area contributed by atoms with Crippen LogP contribution in [0.3, 0.4) is 0 Å². The third-order valence-electron chi connectivity index (χ3n) is 6.46. The van der Waals surface area contributed by atoms with E-state index in [0.717, 1.165) is 16.8 Å². The zero-order chi connectivity index (χ0) is 28.2. The second-order valence-corrected chi connectivity index (χ2v) is 8.83. The maximum atomic E-state index is 12.5. The molecule has 0 bridgehead atoms. The van der Waals surface area contributed by atoms with Crippen LogP contribution < -0.4 is 24.8 Å². The Labute approximate surface area is 230 Å². The lowest BCUT2D eigenvalue weighted by Gasteiger charge is -2.15. The summed E-state index contributed by atoms with van der Waals surface area (Å²) in [6.45, 7) is 2.17. The molecular formula is C29H27N7O4. The largest absolute Gasteiger partial charge is 0.493 e. The minimum absolute atomic E-state index is 0.176. The molecule has 1 amide bonds. The van der Waals surface area contributed by atoms with Crippen LogP contribution in [0.4, 0.5) is 11.5 Å². The van der Waals surface area contributed by atoms with Crippen molar-refractivity contribution in [3.05, 3.63) is 83.3 Å². The number of aromatic amines is 1. The Kier molecular flexibility index (Phi) is 7.24. The van der Waals surface area contributed by atoms with E-state index in [0.29, 0.717) is 57.8 Å². The zero-order valence-corrected chi connectivity index (χ0v) is 22.4. The number of carbonyl (C=O) groups excluding carboxylic acids is 1. The van der Waals surface area contributed by atoms with Gasteiger partial charge in [0.15, 0.2) is 23.0 Å². The number of carbonyl (C=O) groups is 1. The van der Waals surface area contributed by atoms with Crippen molar-refractivity contribution >= 4 is 23.1 Å². The SMILES string of the molecule is COc1cc(-c2[nH]c3c(C#N)cnn3c2Nc2ccc(CNC(=O)c3cccnc3C)cc2)cc(OC)c1OC. The number of anilines is 2. The van der Waals surface area contributed by atoms with Gasteiger partial charge in [0.05, 0.1) is 38.8 Å². The summed E-state index contributed by atoms with van der Waals surface area (Å²) in [4.78, 5) is 20.0. The maximum Gasteiger partial charge on any atom is 0.253 e. The Hall–Kier alpha value is -5.50. The molecule has 0 aliphatic heterocycles. The van der Waals surface area contributed by atoms with Gasteiger partial charge in [-0.15, -0.1) is 0 Å². The minimum Gasteiger partial charge on any atom is -0.493 e. The average molecular weight is 538 g/mol. The number of H-pyrrole nitrogens is 1. The Bertz CT molecular complexity index is 1710. The number of amides is 1. The molecule has 0 spiro atoms. The van der Waals surface area contributed by atoms with E-state index in [2.05, 4.69) is 31.8 Å². The molecular weight excluding hydrogens is 510 g/mol. The molecule has 3 aromatic heterocycles. The highest BCUT2D eigenvalue weighted by Gasteiger charge is 2.21. The number of imidazole rings is 1. The number of methoxy groups -OCH3 is 3. The number of pyridine rings is 1. The quantitative estimate of drug-likeness (QED) is 0.248. The average Bonchev–Trinajstić information content (AvgIpc) is 3.55.